The zero-order valence-corrected chi connectivity index (χ0v) is 7.03. The van der Waals surface area contributed by atoms with Gasteiger partial charge in [-0.3, -0.25) is 0 Å². The quantitative estimate of drug-likeness (QED) is 0.653. The minimum Gasteiger partial charge on any atom is -0.450 e. The molecule has 2 N–H and O–H groups in total. The van der Waals surface area contributed by atoms with Crippen molar-refractivity contribution in [3.05, 3.63) is 30.5 Å². The molecule has 0 amide bonds. The van der Waals surface area contributed by atoms with E-state index in [0.29, 0.717) is 0 Å². The van der Waals surface area contributed by atoms with E-state index >= 15 is 0 Å². The van der Waals surface area contributed by atoms with Gasteiger partial charge in [0.25, 0.3) is 0 Å². The van der Waals surface area contributed by atoms with Crippen LogP contribution in [0.25, 0.3) is 10.9 Å². The normalized spacial score (nSPS) is 8.86. The van der Waals surface area contributed by atoms with Gasteiger partial charge >= 0.3 is 6.16 Å². The molecule has 14 heavy (non-hydrogen) atoms. The summed E-state index contributed by atoms with van der Waals surface area (Å²) in [5.41, 5.74) is 0.887. The Kier molecular flexibility index (Phi) is 3.31. The summed E-state index contributed by atoms with van der Waals surface area (Å²) in [6, 6.07) is 7.74. The molecule has 0 spiro atoms. The zero-order chi connectivity index (χ0) is 10.4. The first-order valence-electron chi connectivity index (χ1n) is 3.65. The van der Waals surface area contributed by atoms with Crippen LogP contribution < -0.4 is 0 Å². The molecule has 2 rings (SSSR count). The van der Waals surface area contributed by atoms with Crippen molar-refractivity contribution in [1.29, 1.82) is 0 Å². The lowest BCUT2D eigenvalue weighted by atomic mass is 10.2. The summed E-state index contributed by atoms with van der Waals surface area (Å²) in [5.74, 6) is 0. The highest BCUT2D eigenvalue weighted by atomic mass is 16.6. The van der Waals surface area contributed by atoms with Gasteiger partial charge in [-0.05, 0) is 11.3 Å². The van der Waals surface area contributed by atoms with Gasteiger partial charge in [0.05, 0.1) is 11.7 Å². The lowest BCUT2D eigenvalue weighted by Crippen LogP contribution is -1.85. The number of rotatable bonds is 0. The summed E-state index contributed by atoms with van der Waals surface area (Å²) in [6.07, 6.45) is -0.137. The highest BCUT2D eigenvalue weighted by molar-refractivity contribution is 5.76. The second-order valence-electron chi connectivity index (χ2n) is 2.28. The van der Waals surface area contributed by atoms with Gasteiger partial charge in [0.15, 0.2) is 0 Å². The number of hydrogen-bond donors (Lipinski definition) is 2. The summed E-state index contributed by atoms with van der Waals surface area (Å²) in [7, 11) is 0. The van der Waals surface area contributed by atoms with E-state index in [-0.39, 0.29) is 0 Å². The maximum absolute atomic E-state index is 8.56. The number of fused-ring (bicyclic) bond motifs is 1. The highest BCUT2D eigenvalue weighted by Crippen LogP contribution is 2.05. The molecule has 0 aliphatic rings. The standard InChI is InChI=1S/C7H5N3.CH2O3/c1-2-4-7-6(3-1)5-8-10-9-7;2-1(3)4/h1-5H;(H2,2,3,4). The second kappa shape index (κ2) is 4.70. The molecule has 1 aromatic carbocycles. The van der Waals surface area contributed by atoms with Crippen LogP contribution in [-0.2, 0) is 0 Å². The minimum atomic E-state index is -1.83. The molecule has 72 valence electrons. The van der Waals surface area contributed by atoms with Crippen LogP contribution in [0.4, 0.5) is 4.79 Å². The third kappa shape index (κ3) is 3.02. The van der Waals surface area contributed by atoms with Crippen molar-refractivity contribution < 1.29 is 15.0 Å². The van der Waals surface area contributed by atoms with Crippen molar-refractivity contribution >= 4 is 17.1 Å². The van der Waals surface area contributed by atoms with Crippen molar-refractivity contribution in [2.45, 2.75) is 0 Å². The van der Waals surface area contributed by atoms with Crippen LogP contribution in [-0.4, -0.2) is 31.8 Å². The van der Waals surface area contributed by atoms with Crippen molar-refractivity contribution in [3.63, 3.8) is 0 Å². The number of hydrogen-bond acceptors (Lipinski definition) is 4. The largest absolute Gasteiger partial charge is 0.503 e. The molecule has 1 aromatic heterocycles. The average molecular weight is 193 g/mol. The van der Waals surface area contributed by atoms with Gasteiger partial charge in [-0.1, -0.05) is 18.2 Å². The fraction of sp³-hybridized carbons (Fsp3) is 0. The Bertz CT molecular complexity index is 363. The van der Waals surface area contributed by atoms with Crippen molar-refractivity contribution in [3.8, 4) is 0 Å². The third-order valence-corrected chi connectivity index (χ3v) is 1.34. The Morgan fingerprint density at radius 2 is 1.86 bits per heavy atom. The summed E-state index contributed by atoms with van der Waals surface area (Å²) < 4.78 is 0. The predicted molar refractivity (Wildman–Crippen MR) is 48.0 cm³/mol. The summed E-state index contributed by atoms with van der Waals surface area (Å²) in [4.78, 5) is 8.56. The molecule has 0 radical (unpaired) electrons. The molecule has 6 nitrogen and oxygen atoms in total. The SMILES string of the molecule is O=C(O)O.c1ccc2nnncc2c1. The maximum Gasteiger partial charge on any atom is 0.503 e. The van der Waals surface area contributed by atoms with E-state index in [0.717, 1.165) is 10.9 Å². The molecule has 0 bridgehead atoms. The Labute approximate surface area is 78.8 Å². The lowest BCUT2D eigenvalue weighted by Gasteiger charge is -1.89. The van der Waals surface area contributed by atoms with Crippen LogP contribution in [0, 0.1) is 0 Å². The van der Waals surface area contributed by atoms with E-state index in [1.165, 1.54) is 0 Å². The molecule has 2 aromatic rings. The van der Waals surface area contributed by atoms with Crippen molar-refractivity contribution in [1.82, 2.24) is 15.4 Å². The zero-order valence-electron chi connectivity index (χ0n) is 7.03. The predicted octanol–water partition coefficient (Wildman–Crippen LogP) is 1.25. The molecule has 0 saturated heterocycles. The summed E-state index contributed by atoms with van der Waals surface area (Å²) in [5, 5.41) is 26.0. The first-order chi connectivity index (χ1) is 6.70. The van der Waals surface area contributed by atoms with Crippen LogP contribution in [0.1, 0.15) is 0 Å². The molecule has 6 heteroatoms. The molecule has 0 unspecified atom stereocenters. The Balaban J connectivity index is 0.000000213. The third-order valence-electron chi connectivity index (χ3n) is 1.34. The first kappa shape index (κ1) is 9.85. The molecule has 1 heterocycles. The molecular weight excluding hydrogens is 186 g/mol. The minimum absolute atomic E-state index is 0.887. The fourth-order valence-electron chi connectivity index (χ4n) is 0.850. The second-order valence-corrected chi connectivity index (χ2v) is 2.28. The molecule has 0 atom stereocenters. The topological polar surface area (TPSA) is 96.2 Å². The molecule has 0 saturated carbocycles. The molecule has 0 fully saturated rings. The van der Waals surface area contributed by atoms with E-state index in [1.807, 2.05) is 24.3 Å². The van der Waals surface area contributed by atoms with E-state index in [2.05, 4.69) is 15.4 Å². The molecular formula is C8H7N3O3. The summed E-state index contributed by atoms with van der Waals surface area (Å²) >= 11 is 0. The van der Waals surface area contributed by atoms with Gasteiger partial charge in [0.1, 0.15) is 0 Å². The number of nitrogens with zero attached hydrogens (tertiary/aromatic N) is 3. The van der Waals surface area contributed by atoms with E-state index in [1.54, 1.807) is 6.20 Å². The summed E-state index contributed by atoms with van der Waals surface area (Å²) in [6.45, 7) is 0. The first-order valence-corrected chi connectivity index (χ1v) is 3.65. The van der Waals surface area contributed by atoms with Crippen LogP contribution in [0.5, 0.6) is 0 Å². The van der Waals surface area contributed by atoms with Crippen molar-refractivity contribution in [2.75, 3.05) is 0 Å². The van der Waals surface area contributed by atoms with Gasteiger partial charge in [-0.2, -0.15) is 0 Å². The highest BCUT2D eigenvalue weighted by Gasteiger charge is 1.88. The van der Waals surface area contributed by atoms with Crippen LogP contribution in [0.3, 0.4) is 0 Å². The van der Waals surface area contributed by atoms with Gasteiger partial charge < -0.3 is 10.2 Å². The van der Waals surface area contributed by atoms with Crippen LogP contribution in [0.15, 0.2) is 30.5 Å². The lowest BCUT2D eigenvalue weighted by molar-refractivity contribution is 0.137. The van der Waals surface area contributed by atoms with Crippen LogP contribution >= 0.6 is 0 Å². The van der Waals surface area contributed by atoms with Gasteiger partial charge in [-0.15, -0.1) is 10.2 Å². The average Bonchev–Trinajstić information content (AvgIpc) is 2.17. The van der Waals surface area contributed by atoms with E-state index in [4.69, 9.17) is 15.0 Å². The van der Waals surface area contributed by atoms with Gasteiger partial charge in [-0.25, -0.2) is 4.79 Å². The van der Waals surface area contributed by atoms with E-state index < -0.39 is 6.16 Å². The monoisotopic (exact) mass is 193 g/mol. The number of carbonyl (C=O) groups is 1. The van der Waals surface area contributed by atoms with Crippen molar-refractivity contribution in [2.24, 2.45) is 0 Å². The smallest absolute Gasteiger partial charge is 0.450 e. The fourth-order valence-corrected chi connectivity index (χ4v) is 0.850. The van der Waals surface area contributed by atoms with Crippen LogP contribution in [0.2, 0.25) is 0 Å². The Morgan fingerprint density at radius 3 is 2.50 bits per heavy atom. The number of carboxylic acid groups (broad SMARTS) is 2. The Morgan fingerprint density at radius 1 is 1.21 bits per heavy atom. The van der Waals surface area contributed by atoms with Gasteiger partial charge in [0.2, 0.25) is 0 Å². The van der Waals surface area contributed by atoms with Gasteiger partial charge in [0, 0.05) is 5.39 Å². The van der Waals surface area contributed by atoms with E-state index in [9.17, 15) is 0 Å². The Hall–Kier alpha value is -2.24. The maximum atomic E-state index is 8.56. The molecule has 0 aliphatic carbocycles. The number of benzene rings is 1. The molecule has 0 aliphatic heterocycles. The number of aromatic nitrogens is 3.